The third-order valence-corrected chi connectivity index (χ3v) is 8.18. The molecule has 2 aromatic heterocycles. The van der Waals surface area contributed by atoms with Gasteiger partial charge >= 0.3 is 0 Å². The van der Waals surface area contributed by atoms with Crippen LogP contribution in [0.1, 0.15) is 10.4 Å². The zero-order valence-corrected chi connectivity index (χ0v) is 18.6. The molecule has 0 spiro atoms. The minimum absolute atomic E-state index is 0.116. The number of thiophene rings is 1. The monoisotopic (exact) mass is 475 g/mol. The van der Waals surface area contributed by atoms with Crippen molar-refractivity contribution in [2.75, 3.05) is 37.3 Å². The van der Waals surface area contributed by atoms with E-state index in [2.05, 4.69) is 9.88 Å². The van der Waals surface area contributed by atoms with Crippen LogP contribution < -0.4 is 4.90 Å². The number of halogens is 2. The Morgan fingerprint density at radius 2 is 1.82 bits per heavy atom. The van der Waals surface area contributed by atoms with Crippen LogP contribution >= 0.6 is 45.9 Å². The molecule has 0 unspecified atom stereocenters. The highest BCUT2D eigenvalue weighted by Gasteiger charge is 2.26. The maximum atomic E-state index is 12.7. The van der Waals surface area contributed by atoms with Crippen LogP contribution in [0.4, 0.5) is 5.13 Å². The SMILES string of the molecule is CS(=O)(=O)c1ccc2nc(N3CCN(C(=O)c4cc(Cl)sc4Cl)CC3)sc2c1. The summed E-state index contributed by atoms with van der Waals surface area (Å²) in [6, 6.07) is 6.57. The number of thiazole rings is 1. The van der Waals surface area contributed by atoms with E-state index in [0.717, 1.165) is 15.3 Å². The molecule has 11 heteroatoms. The zero-order chi connectivity index (χ0) is 20.1. The lowest BCUT2D eigenvalue weighted by Crippen LogP contribution is -2.48. The van der Waals surface area contributed by atoms with E-state index in [4.69, 9.17) is 23.2 Å². The van der Waals surface area contributed by atoms with E-state index >= 15 is 0 Å². The summed E-state index contributed by atoms with van der Waals surface area (Å²) in [5, 5.41) is 0.823. The number of nitrogens with zero attached hydrogens (tertiary/aromatic N) is 3. The molecule has 3 heterocycles. The molecule has 0 aliphatic carbocycles. The molecule has 0 saturated carbocycles. The van der Waals surface area contributed by atoms with Crippen LogP contribution in [0.3, 0.4) is 0 Å². The first-order valence-electron chi connectivity index (χ1n) is 8.32. The number of benzene rings is 1. The van der Waals surface area contributed by atoms with Crippen LogP contribution in [-0.4, -0.2) is 56.6 Å². The van der Waals surface area contributed by atoms with Crippen LogP contribution in [0.15, 0.2) is 29.2 Å². The number of aromatic nitrogens is 1. The van der Waals surface area contributed by atoms with Crippen LogP contribution in [0.5, 0.6) is 0 Å². The van der Waals surface area contributed by atoms with Gasteiger partial charge in [-0.3, -0.25) is 4.79 Å². The molecule has 1 aliphatic rings. The van der Waals surface area contributed by atoms with Crippen molar-refractivity contribution in [3.8, 4) is 0 Å². The van der Waals surface area contributed by atoms with E-state index in [1.807, 2.05) is 0 Å². The first-order chi connectivity index (χ1) is 13.2. The molecule has 0 N–H and O–H groups in total. The maximum absolute atomic E-state index is 12.7. The van der Waals surface area contributed by atoms with Gasteiger partial charge in [-0.25, -0.2) is 13.4 Å². The third kappa shape index (κ3) is 3.86. The molecule has 0 bridgehead atoms. The highest BCUT2D eigenvalue weighted by atomic mass is 35.5. The fourth-order valence-corrected chi connectivity index (χ4v) is 6.24. The maximum Gasteiger partial charge on any atom is 0.256 e. The third-order valence-electron chi connectivity index (χ3n) is 4.50. The van der Waals surface area contributed by atoms with Crippen LogP contribution in [-0.2, 0) is 9.84 Å². The molecule has 0 radical (unpaired) electrons. The van der Waals surface area contributed by atoms with E-state index in [-0.39, 0.29) is 10.8 Å². The van der Waals surface area contributed by atoms with Gasteiger partial charge in [-0.1, -0.05) is 34.5 Å². The first-order valence-corrected chi connectivity index (χ1v) is 12.6. The molecular formula is C17H15Cl2N3O3S3. The highest BCUT2D eigenvalue weighted by Crippen LogP contribution is 2.33. The quantitative estimate of drug-likeness (QED) is 0.571. The van der Waals surface area contributed by atoms with E-state index < -0.39 is 9.84 Å². The van der Waals surface area contributed by atoms with Gasteiger partial charge in [0.15, 0.2) is 15.0 Å². The zero-order valence-electron chi connectivity index (χ0n) is 14.7. The minimum atomic E-state index is -3.25. The number of hydrogen-bond donors (Lipinski definition) is 0. The van der Waals surface area contributed by atoms with Crippen molar-refractivity contribution in [1.29, 1.82) is 0 Å². The Kier molecular flexibility index (Phi) is 5.30. The number of hydrogen-bond acceptors (Lipinski definition) is 7. The van der Waals surface area contributed by atoms with Gasteiger partial charge in [0.2, 0.25) is 0 Å². The van der Waals surface area contributed by atoms with Crippen LogP contribution in [0.25, 0.3) is 10.2 Å². The molecule has 1 saturated heterocycles. The Balaban J connectivity index is 1.49. The average molecular weight is 476 g/mol. The van der Waals surface area contributed by atoms with Gasteiger partial charge in [-0.15, -0.1) is 11.3 Å². The number of carbonyl (C=O) groups is 1. The second-order valence-corrected chi connectivity index (χ2v) is 11.7. The van der Waals surface area contributed by atoms with Crippen molar-refractivity contribution >= 4 is 77.0 Å². The molecule has 1 aromatic carbocycles. The van der Waals surface area contributed by atoms with E-state index in [1.54, 1.807) is 29.2 Å². The van der Waals surface area contributed by atoms with E-state index in [9.17, 15) is 13.2 Å². The molecule has 4 rings (SSSR count). The summed E-state index contributed by atoms with van der Waals surface area (Å²) in [4.78, 5) is 21.4. The second kappa shape index (κ2) is 7.46. The van der Waals surface area contributed by atoms with Gasteiger partial charge in [0.1, 0.15) is 4.34 Å². The highest BCUT2D eigenvalue weighted by molar-refractivity contribution is 7.90. The predicted molar refractivity (Wildman–Crippen MR) is 115 cm³/mol. The summed E-state index contributed by atoms with van der Waals surface area (Å²) in [6.45, 7) is 2.38. The lowest BCUT2D eigenvalue weighted by atomic mass is 10.2. The summed E-state index contributed by atoms with van der Waals surface area (Å²) in [5.41, 5.74) is 1.21. The number of amides is 1. The van der Waals surface area contributed by atoms with Crippen LogP contribution in [0, 0.1) is 0 Å². The topological polar surface area (TPSA) is 70.6 Å². The largest absolute Gasteiger partial charge is 0.345 e. The minimum Gasteiger partial charge on any atom is -0.345 e. The standard InChI is InChI=1S/C17H15Cl2N3O3S3/c1-28(24,25)10-2-3-12-13(8-10)26-17(20-12)22-6-4-21(5-7-22)16(23)11-9-14(18)27-15(11)19/h2-3,8-9H,4-7H2,1H3. The molecule has 6 nitrogen and oxygen atoms in total. The number of sulfone groups is 1. The smallest absolute Gasteiger partial charge is 0.256 e. The van der Waals surface area contributed by atoms with Crippen molar-refractivity contribution in [3.63, 3.8) is 0 Å². The molecule has 3 aromatic rings. The fraction of sp³-hybridized carbons (Fsp3) is 0.294. The molecular weight excluding hydrogens is 461 g/mol. The van der Waals surface area contributed by atoms with Gasteiger partial charge in [-0.05, 0) is 24.3 Å². The first kappa shape index (κ1) is 19.9. The lowest BCUT2D eigenvalue weighted by molar-refractivity contribution is 0.0747. The fourth-order valence-electron chi connectivity index (χ4n) is 3.02. The number of carbonyl (C=O) groups excluding carboxylic acids is 1. The molecule has 1 fully saturated rings. The van der Waals surface area contributed by atoms with Crippen molar-refractivity contribution in [3.05, 3.63) is 38.5 Å². The molecule has 0 atom stereocenters. The number of rotatable bonds is 3. The van der Waals surface area contributed by atoms with Gasteiger partial charge in [0.05, 0.1) is 25.0 Å². The summed E-state index contributed by atoms with van der Waals surface area (Å²) in [5.74, 6) is -0.116. The van der Waals surface area contributed by atoms with Gasteiger partial charge in [0.25, 0.3) is 5.91 Å². The Hall–Kier alpha value is -1.39. The Morgan fingerprint density at radius 3 is 2.43 bits per heavy atom. The van der Waals surface area contributed by atoms with Crippen LogP contribution in [0.2, 0.25) is 8.67 Å². The van der Waals surface area contributed by atoms with Crippen molar-refractivity contribution in [2.45, 2.75) is 4.90 Å². The second-order valence-electron chi connectivity index (χ2n) is 6.42. The summed E-state index contributed by atoms with van der Waals surface area (Å²) < 4.78 is 25.2. The number of anilines is 1. The average Bonchev–Trinajstić information content (AvgIpc) is 3.22. The van der Waals surface area contributed by atoms with Crippen molar-refractivity contribution in [2.24, 2.45) is 0 Å². The lowest BCUT2D eigenvalue weighted by Gasteiger charge is -2.34. The Labute approximate surface area is 180 Å². The van der Waals surface area contributed by atoms with E-state index in [1.165, 1.54) is 28.9 Å². The Morgan fingerprint density at radius 1 is 1.11 bits per heavy atom. The molecule has 1 amide bonds. The summed E-state index contributed by atoms with van der Waals surface area (Å²) in [6.07, 6.45) is 1.19. The summed E-state index contributed by atoms with van der Waals surface area (Å²) in [7, 11) is -3.25. The Bertz CT molecular complexity index is 1160. The molecule has 28 heavy (non-hydrogen) atoms. The molecule has 148 valence electrons. The van der Waals surface area contributed by atoms with Crippen molar-refractivity contribution < 1.29 is 13.2 Å². The van der Waals surface area contributed by atoms with Gasteiger partial charge < -0.3 is 9.80 Å². The molecule has 1 aliphatic heterocycles. The van der Waals surface area contributed by atoms with Gasteiger partial charge in [0, 0.05) is 32.4 Å². The number of fused-ring (bicyclic) bond motifs is 1. The van der Waals surface area contributed by atoms with Gasteiger partial charge in [-0.2, -0.15) is 0 Å². The number of piperazine rings is 1. The summed E-state index contributed by atoms with van der Waals surface area (Å²) >= 11 is 14.7. The van der Waals surface area contributed by atoms with E-state index in [0.29, 0.717) is 40.4 Å². The normalized spacial score (nSPS) is 15.4. The van der Waals surface area contributed by atoms with Crippen molar-refractivity contribution in [1.82, 2.24) is 9.88 Å². The predicted octanol–water partition coefficient (Wildman–Crippen LogP) is 4.03.